The van der Waals surface area contributed by atoms with Gasteiger partial charge in [0.1, 0.15) is 5.75 Å². The van der Waals surface area contributed by atoms with Crippen LogP contribution in [0.25, 0.3) is 0 Å². The van der Waals surface area contributed by atoms with Crippen molar-refractivity contribution in [2.75, 3.05) is 10.5 Å². The Morgan fingerprint density at radius 2 is 2.06 bits per heavy atom. The highest BCUT2D eigenvalue weighted by atomic mass is 32.2. The van der Waals surface area contributed by atoms with E-state index in [0.717, 1.165) is 12.0 Å². The molecule has 6 heteroatoms. The van der Waals surface area contributed by atoms with Crippen LogP contribution in [0.5, 0.6) is 0 Å². The molecular weight excluding hydrogens is 244 g/mol. The van der Waals surface area contributed by atoms with E-state index in [0.29, 0.717) is 5.69 Å². The summed E-state index contributed by atoms with van der Waals surface area (Å²) in [6, 6.07) is 7.23. The summed E-state index contributed by atoms with van der Waals surface area (Å²) in [5.41, 5.74) is 6.74. The Kier molecular flexibility index (Phi) is 4.26. The summed E-state index contributed by atoms with van der Waals surface area (Å²) in [5.74, 6) is -0.333. The number of hydrogen-bond donors (Lipinski definition) is 2. The van der Waals surface area contributed by atoms with Crippen molar-refractivity contribution in [2.45, 2.75) is 13.3 Å². The number of thiocarbonyl (C=S) groups is 1. The monoisotopic (exact) mass is 258 g/mol. The molecule has 0 atom stereocenters. The molecule has 88 valence electrons. The van der Waals surface area contributed by atoms with Crippen molar-refractivity contribution in [1.82, 2.24) is 0 Å². The summed E-state index contributed by atoms with van der Waals surface area (Å²) < 4.78 is 25.7. The van der Waals surface area contributed by atoms with E-state index in [4.69, 9.17) is 5.73 Å². The minimum Gasteiger partial charge on any atom is -0.392 e. The molecule has 0 aromatic heterocycles. The lowest BCUT2D eigenvalue weighted by atomic mass is 10.1. The normalized spacial score (nSPS) is 11.1. The quantitative estimate of drug-likeness (QED) is 0.780. The number of nitrogens with one attached hydrogen (secondary N) is 1. The van der Waals surface area contributed by atoms with E-state index >= 15 is 0 Å². The Hall–Kier alpha value is -1.14. The largest absolute Gasteiger partial charge is 0.392 e. The third-order valence-corrected chi connectivity index (χ3v) is 3.55. The zero-order chi connectivity index (χ0) is 12.2. The van der Waals surface area contributed by atoms with Crippen molar-refractivity contribution in [3.05, 3.63) is 29.8 Å². The average molecular weight is 258 g/mol. The van der Waals surface area contributed by atoms with Gasteiger partial charge in [0.2, 0.25) is 10.0 Å². The van der Waals surface area contributed by atoms with Crippen molar-refractivity contribution in [3.8, 4) is 0 Å². The second kappa shape index (κ2) is 5.27. The molecule has 0 saturated heterocycles. The van der Waals surface area contributed by atoms with Crippen LogP contribution in [-0.4, -0.2) is 19.2 Å². The smallest absolute Gasteiger partial charge is 0.239 e. The zero-order valence-corrected chi connectivity index (χ0v) is 10.6. The summed E-state index contributed by atoms with van der Waals surface area (Å²) in [4.78, 5) is -0.0403. The Morgan fingerprint density at radius 3 is 2.62 bits per heavy atom. The first kappa shape index (κ1) is 12.9. The van der Waals surface area contributed by atoms with Gasteiger partial charge in [-0.1, -0.05) is 37.3 Å². The Labute approximate surface area is 101 Å². The fraction of sp³-hybridized carbons (Fsp3) is 0.300. The third kappa shape index (κ3) is 3.79. The van der Waals surface area contributed by atoms with Gasteiger partial charge < -0.3 is 5.73 Å². The van der Waals surface area contributed by atoms with Crippen LogP contribution in [0.2, 0.25) is 0 Å². The molecule has 1 aromatic rings. The van der Waals surface area contributed by atoms with Crippen LogP contribution < -0.4 is 10.5 Å². The van der Waals surface area contributed by atoms with Crippen LogP contribution in [-0.2, 0) is 16.4 Å². The molecule has 3 N–H and O–H groups in total. The average Bonchev–Trinajstić information content (AvgIpc) is 2.15. The number of benzene rings is 1. The Morgan fingerprint density at radius 1 is 1.44 bits per heavy atom. The van der Waals surface area contributed by atoms with Crippen LogP contribution in [0.15, 0.2) is 24.3 Å². The van der Waals surface area contributed by atoms with Gasteiger partial charge in [0.25, 0.3) is 0 Å². The number of aryl methyl sites for hydroxylation is 1. The van der Waals surface area contributed by atoms with Gasteiger partial charge in [0, 0.05) is 0 Å². The lowest BCUT2D eigenvalue weighted by Gasteiger charge is -2.10. The maximum Gasteiger partial charge on any atom is 0.239 e. The first-order valence-electron chi connectivity index (χ1n) is 4.81. The number of anilines is 1. The van der Waals surface area contributed by atoms with Crippen molar-refractivity contribution in [1.29, 1.82) is 0 Å². The molecule has 0 amide bonds. The molecule has 0 unspecified atom stereocenters. The lowest BCUT2D eigenvalue weighted by molar-refractivity contribution is 0.605. The Balaban J connectivity index is 2.92. The van der Waals surface area contributed by atoms with Gasteiger partial charge in [0.05, 0.1) is 10.7 Å². The van der Waals surface area contributed by atoms with E-state index in [1.165, 1.54) is 0 Å². The van der Waals surface area contributed by atoms with Crippen LogP contribution in [0, 0.1) is 0 Å². The highest BCUT2D eigenvalue weighted by Gasteiger charge is 2.13. The molecule has 1 aromatic carbocycles. The maximum absolute atomic E-state index is 11.6. The van der Waals surface area contributed by atoms with E-state index in [-0.39, 0.29) is 10.7 Å². The summed E-state index contributed by atoms with van der Waals surface area (Å²) in [6.07, 6.45) is 0.756. The number of sulfonamides is 1. The molecule has 1 rings (SSSR count). The minimum absolute atomic E-state index is 0.0403. The van der Waals surface area contributed by atoms with Crippen LogP contribution in [0.1, 0.15) is 12.5 Å². The highest BCUT2D eigenvalue weighted by molar-refractivity contribution is 7.95. The van der Waals surface area contributed by atoms with Gasteiger partial charge in [0.15, 0.2) is 0 Å². The van der Waals surface area contributed by atoms with Gasteiger partial charge in [-0.15, -0.1) is 0 Å². The van der Waals surface area contributed by atoms with E-state index in [2.05, 4.69) is 16.9 Å². The molecule has 4 nitrogen and oxygen atoms in total. The van der Waals surface area contributed by atoms with Crippen LogP contribution in [0.3, 0.4) is 0 Å². The zero-order valence-electron chi connectivity index (χ0n) is 8.93. The third-order valence-electron chi connectivity index (χ3n) is 2.00. The van der Waals surface area contributed by atoms with Crippen molar-refractivity contribution < 1.29 is 8.42 Å². The molecule has 0 bridgehead atoms. The van der Waals surface area contributed by atoms with Gasteiger partial charge >= 0.3 is 0 Å². The first-order valence-corrected chi connectivity index (χ1v) is 6.87. The topological polar surface area (TPSA) is 72.2 Å². The van der Waals surface area contributed by atoms with E-state index in [1.807, 2.05) is 19.1 Å². The summed E-state index contributed by atoms with van der Waals surface area (Å²) >= 11 is 4.58. The molecule has 0 fully saturated rings. The molecule has 16 heavy (non-hydrogen) atoms. The summed E-state index contributed by atoms with van der Waals surface area (Å²) in [5, 5.41) is 0. The van der Waals surface area contributed by atoms with Gasteiger partial charge in [-0.05, 0) is 18.1 Å². The summed E-state index contributed by atoms with van der Waals surface area (Å²) in [6.45, 7) is 1.96. The molecule has 0 spiro atoms. The lowest BCUT2D eigenvalue weighted by Crippen LogP contribution is -2.26. The molecular formula is C10H14N2O2S2. The molecule has 0 saturated carbocycles. The molecule has 0 aliphatic rings. The van der Waals surface area contributed by atoms with Gasteiger partial charge in [-0.3, -0.25) is 4.72 Å². The minimum atomic E-state index is -3.48. The fourth-order valence-electron chi connectivity index (χ4n) is 1.32. The molecule has 0 radical (unpaired) electrons. The van der Waals surface area contributed by atoms with Crippen molar-refractivity contribution >= 4 is 32.9 Å². The summed E-state index contributed by atoms with van der Waals surface area (Å²) in [7, 11) is -3.48. The maximum atomic E-state index is 11.6. The number of rotatable bonds is 5. The van der Waals surface area contributed by atoms with E-state index < -0.39 is 10.0 Å². The van der Waals surface area contributed by atoms with Crippen LogP contribution >= 0.6 is 12.2 Å². The second-order valence-corrected chi connectivity index (χ2v) is 5.58. The second-order valence-electron chi connectivity index (χ2n) is 3.34. The van der Waals surface area contributed by atoms with Gasteiger partial charge in [-0.25, -0.2) is 8.42 Å². The molecule has 0 heterocycles. The van der Waals surface area contributed by atoms with Gasteiger partial charge in [-0.2, -0.15) is 0 Å². The van der Waals surface area contributed by atoms with Crippen molar-refractivity contribution in [3.63, 3.8) is 0 Å². The predicted molar refractivity (Wildman–Crippen MR) is 70.0 cm³/mol. The molecule has 0 aliphatic heterocycles. The van der Waals surface area contributed by atoms with E-state index in [1.54, 1.807) is 12.1 Å². The SMILES string of the molecule is CCc1ccccc1NS(=O)(=O)CC(N)=S. The first-order chi connectivity index (χ1) is 7.44. The molecule has 0 aliphatic carbocycles. The fourth-order valence-corrected chi connectivity index (χ4v) is 2.77. The number of para-hydroxylation sites is 1. The predicted octanol–water partition coefficient (Wildman–Crippen LogP) is 1.28. The number of hydrogen-bond acceptors (Lipinski definition) is 3. The highest BCUT2D eigenvalue weighted by Crippen LogP contribution is 2.16. The Bertz CT molecular complexity index is 483. The standard InChI is InChI=1S/C10H14N2O2S2/c1-2-8-5-3-4-6-9(8)12-16(13,14)7-10(11)15/h3-6,12H,2,7H2,1H3,(H2,11,15). The van der Waals surface area contributed by atoms with E-state index in [9.17, 15) is 8.42 Å². The van der Waals surface area contributed by atoms with Crippen LogP contribution in [0.4, 0.5) is 5.69 Å². The number of nitrogens with two attached hydrogens (primary N) is 1. The van der Waals surface area contributed by atoms with Crippen molar-refractivity contribution in [2.24, 2.45) is 5.73 Å².